The quantitative estimate of drug-likeness (QED) is 0.752. The van der Waals surface area contributed by atoms with E-state index in [0.717, 1.165) is 0 Å². The number of amides is 1. The molecule has 106 valence electrons. The minimum atomic E-state index is -1.53. The van der Waals surface area contributed by atoms with Gasteiger partial charge >= 0.3 is 12.1 Å². The number of alkyl carbamates (subject to hydrolysis) is 1. The highest BCUT2D eigenvalue weighted by Gasteiger charge is 2.30. The van der Waals surface area contributed by atoms with Gasteiger partial charge in [0.1, 0.15) is 11.4 Å². The molecule has 0 aliphatic heterocycles. The molecule has 19 heavy (non-hydrogen) atoms. The second kappa shape index (κ2) is 5.17. The van der Waals surface area contributed by atoms with Crippen LogP contribution in [0.25, 0.3) is 0 Å². The van der Waals surface area contributed by atoms with Crippen molar-refractivity contribution in [3.05, 3.63) is 21.7 Å². The number of H-pyrrole nitrogens is 1. The number of carbonyl (C=O) groups is 2. The summed E-state index contributed by atoms with van der Waals surface area (Å²) in [5, 5.41) is 13.2. The Hall–Kier alpha value is -2.25. The number of aliphatic carboxylic acids is 1. The van der Waals surface area contributed by atoms with Gasteiger partial charge in [-0.15, -0.1) is 0 Å². The number of hydrogen-bond acceptors (Lipinski definition) is 5. The summed E-state index contributed by atoms with van der Waals surface area (Å²) in [5.41, 5.74) is -1.65. The molecule has 0 spiro atoms. The molecule has 1 aromatic heterocycles. The zero-order chi connectivity index (χ0) is 14.8. The fourth-order valence-corrected chi connectivity index (χ4v) is 1.41. The number of ether oxygens (including phenoxy) is 1. The number of carbonyl (C=O) groups excluding carboxylic acids is 1. The number of aromatic nitrogens is 1. The Bertz CT molecular complexity index is 536. The van der Waals surface area contributed by atoms with Gasteiger partial charge in [0.15, 0.2) is 6.04 Å². The molecule has 1 heterocycles. The molecular formula is C11H16N2O6. The molecule has 0 saturated heterocycles. The van der Waals surface area contributed by atoms with E-state index < -0.39 is 29.3 Å². The molecular weight excluding hydrogens is 256 g/mol. The van der Waals surface area contributed by atoms with Gasteiger partial charge in [-0.05, 0) is 27.7 Å². The molecule has 0 radical (unpaired) electrons. The lowest BCUT2D eigenvalue weighted by molar-refractivity contribution is -0.139. The van der Waals surface area contributed by atoms with Crippen molar-refractivity contribution in [2.75, 3.05) is 0 Å². The van der Waals surface area contributed by atoms with Gasteiger partial charge in [0.2, 0.25) is 0 Å². The highest BCUT2D eigenvalue weighted by Crippen LogP contribution is 2.15. The summed E-state index contributed by atoms with van der Waals surface area (Å²) in [6.07, 6.45) is -0.931. The van der Waals surface area contributed by atoms with Crippen LogP contribution in [0, 0.1) is 6.92 Å². The molecule has 0 aromatic carbocycles. The van der Waals surface area contributed by atoms with Crippen molar-refractivity contribution in [2.45, 2.75) is 39.3 Å². The molecule has 8 nitrogen and oxygen atoms in total. The Kier molecular flexibility index (Phi) is 4.03. The lowest BCUT2D eigenvalue weighted by Gasteiger charge is -2.21. The Morgan fingerprint density at radius 2 is 2.00 bits per heavy atom. The first-order valence-corrected chi connectivity index (χ1v) is 5.52. The molecule has 1 unspecified atom stereocenters. The highest BCUT2D eigenvalue weighted by atomic mass is 16.6. The SMILES string of the molecule is Cc1o[nH]c(=O)c1C(NC(=O)OC(C)(C)C)C(=O)O. The van der Waals surface area contributed by atoms with Crippen LogP contribution in [0.1, 0.15) is 38.1 Å². The van der Waals surface area contributed by atoms with E-state index in [1.165, 1.54) is 6.92 Å². The summed E-state index contributed by atoms with van der Waals surface area (Å²) in [4.78, 5) is 34.1. The summed E-state index contributed by atoms with van der Waals surface area (Å²) >= 11 is 0. The van der Waals surface area contributed by atoms with Gasteiger partial charge in [0.05, 0.1) is 5.56 Å². The summed E-state index contributed by atoms with van der Waals surface area (Å²) in [6, 6.07) is -1.53. The van der Waals surface area contributed by atoms with Crippen LogP contribution < -0.4 is 10.9 Å². The average molecular weight is 272 g/mol. The van der Waals surface area contributed by atoms with E-state index >= 15 is 0 Å². The Balaban J connectivity index is 2.96. The van der Waals surface area contributed by atoms with E-state index in [9.17, 15) is 14.4 Å². The minimum absolute atomic E-state index is 0.0912. The normalized spacial score (nSPS) is 12.8. The molecule has 8 heteroatoms. The van der Waals surface area contributed by atoms with Crippen LogP contribution in [0.3, 0.4) is 0 Å². The molecule has 1 rings (SSSR count). The van der Waals surface area contributed by atoms with Crippen molar-refractivity contribution < 1.29 is 24.0 Å². The van der Waals surface area contributed by atoms with Gasteiger partial charge in [0, 0.05) is 0 Å². The number of nitrogens with one attached hydrogen (secondary N) is 2. The van der Waals surface area contributed by atoms with Crippen molar-refractivity contribution in [1.29, 1.82) is 0 Å². The monoisotopic (exact) mass is 272 g/mol. The largest absolute Gasteiger partial charge is 0.479 e. The van der Waals surface area contributed by atoms with Gasteiger partial charge < -0.3 is 19.7 Å². The fraction of sp³-hybridized carbons (Fsp3) is 0.545. The first kappa shape index (κ1) is 14.8. The molecule has 0 saturated carbocycles. The third kappa shape index (κ3) is 3.87. The maximum Gasteiger partial charge on any atom is 0.408 e. The summed E-state index contributed by atoms with van der Waals surface area (Å²) in [6.45, 7) is 6.33. The van der Waals surface area contributed by atoms with Gasteiger partial charge in [-0.2, -0.15) is 5.16 Å². The smallest absolute Gasteiger partial charge is 0.408 e. The first-order valence-electron chi connectivity index (χ1n) is 5.52. The highest BCUT2D eigenvalue weighted by molar-refractivity contribution is 5.81. The van der Waals surface area contributed by atoms with Gasteiger partial charge in [0.25, 0.3) is 5.56 Å². The zero-order valence-corrected chi connectivity index (χ0v) is 11.1. The predicted molar refractivity (Wildman–Crippen MR) is 63.8 cm³/mol. The van der Waals surface area contributed by atoms with Crippen molar-refractivity contribution in [1.82, 2.24) is 10.5 Å². The number of aryl methyl sites for hydroxylation is 1. The number of carboxylic acid groups (broad SMARTS) is 1. The minimum Gasteiger partial charge on any atom is -0.479 e. The van der Waals surface area contributed by atoms with Crippen LogP contribution >= 0.6 is 0 Å². The number of aromatic amines is 1. The maximum atomic E-state index is 11.6. The van der Waals surface area contributed by atoms with Crippen LogP contribution in [-0.4, -0.2) is 27.9 Å². The van der Waals surface area contributed by atoms with Crippen molar-refractivity contribution in [3.63, 3.8) is 0 Å². The standard InChI is InChI=1S/C11H16N2O6/c1-5-6(8(14)13-19-5)7(9(15)16)12-10(17)18-11(2,3)4/h7H,1-4H3,(H,12,17)(H,13,14)(H,15,16). The molecule has 0 fully saturated rings. The predicted octanol–water partition coefficient (Wildman–Crippen LogP) is 0.927. The van der Waals surface area contributed by atoms with Gasteiger partial charge in [-0.25, -0.2) is 9.59 Å². The van der Waals surface area contributed by atoms with Crippen LogP contribution in [0.5, 0.6) is 0 Å². The van der Waals surface area contributed by atoms with E-state index in [0.29, 0.717) is 0 Å². The molecule has 3 N–H and O–H groups in total. The third-order valence-electron chi connectivity index (χ3n) is 2.12. The van der Waals surface area contributed by atoms with E-state index in [1.54, 1.807) is 20.8 Å². The number of hydrogen-bond donors (Lipinski definition) is 3. The van der Waals surface area contributed by atoms with Crippen molar-refractivity contribution >= 4 is 12.1 Å². The maximum absolute atomic E-state index is 11.6. The second-order valence-corrected chi connectivity index (χ2v) is 4.92. The molecule has 1 amide bonds. The van der Waals surface area contributed by atoms with E-state index in [-0.39, 0.29) is 11.3 Å². The third-order valence-corrected chi connectivity index (χ3v) is 2.12. The lowest BCUT2D eigenvalue weighted by atomic mass is 10.1. The Morgan fingerprint density at radius 1 is 1.42 bits per heavy atom. The van der Waals surface area contributed by atoms with Crippen LogP contribution in [-0.2, 0) is 9.53 Å². The van der Waals surface area contributed by atoms with Crippen molar-refractivity contribution in [2.24, 2.45) is 0 Å². The molecule has 0 aliphatic rings. The topological polar surface area (TPSA) is 122 Å². The Labute approximate surface area is 108 Å². The average Bonchev–Trinajstić information content (AvgIpc) is 2.52. The number of carboxylic acids is 1. The molecule has 1 atom stereocenters. The van der Waals surface area contributed by atoms with E-state index in [4.69, 9.17) is 14.4 Å². The van der Waals surface area contributed by atoms with E-state index in [2.05, 4.69) is 5.32 Å². The summed E-state index contributed by atoms with van der Waals surface area (Å²) < 4.78 is 9.66. The van der Waals surface area contributed by atoms with Crippen molar-refractivity contribution in [3.8, 4) is 0 Å². The van der Waals surface area contributed by atoms with Crippen LogP contribution in [0.2, 0.25) is 0 Å². The summed E-state index contributed by atoms with van der Waals surface area (Å²) in [5.74, 6) is -1.30. The lowest BCUT2D eigenvalue weighted by Crippen LogP contribution is -2.39. The first-order chi connectivity index (χ1) is 8.61. The number of rotatable bonds is 3. The molecule has 0 bridgehead atoms. The van der Waals surface area contributed by atoms with E-state index in [1.807, 2.05) is 5.16 Å². The molecule has 0 aliphatic carbocycles. The zero-order valence-electron chi connectivity index (χ0n) is 11.1. The Morgan fingerprint density at radius 3 is 2.37 bits per heavy atom. The van der Waals surface area contributed by atoms with Gasteiger partial charge in [-0.3, -0.25) is 4.79 Å². The fourth-order valence-electron chi connectivity index (χ4n) is 1.41. The van der Waals surface area contributed by atoms with Gasteiger partial charge in [-0.1, -0.05) is 0 Å². The van der Waals surface area contributed by atoms with Crippen LogP contribution in [0.15, 0.2) is 9.32 Å². The summed E-state index contributed by atoms with van der Waals surface area (Å²) in [7, 11) is 0. The molecule has 1 aromatic rings. The second-order valence-electron chi connectivity index (χ2n) is 4.92. The van der Waals surface area contributed by atoms with Crippen LogP contribution in [0.4, 0.5) is 4.79 Å².